The first kappa shape index (κ1) is 15.3. The van der Waals surface area contributed by atoms with Crippen molar-refractivity contribution in [3.05, 3.63) is 27.8 Å². The van der Waals surface area contributed by atoms with Crippen LogP contribution in [0.3, 0.4) is 0 Å². The molecule has 1 heterocycles. The van der Waals surface area contributed by atoms with Crippen LogP contribution in [0, 0.1) is 10.1 Å². The SMILES string of the molecule is O=C(NC1(C(=O)O)CCCC1)c1cc([N+](=O)[O-])c2nsnc2c1. The van der Waals surface area contributed by atoms with Crippen LogP contribution in [0.2, 0.25) is 0 Å². The Hall–Kier alpha value is -2.62. The summed E-state index contributed by atoms with van der Waals surface area (Å²) in [5.41, 5.74) is -1.27. The monoisotopic (exact) mass is 336 g/mol. The topological polar surface area (TPSA) is 135 Å². The minimum Gasteiger partial charge on any atom is -0.480 e. The van der Waals surface area contributed by atoms with Gasteiger partial charge in [0.05, 0.1) is 16.7 Å². The van der Waals surface area contributed by atoms with E-state index in [-0.39, 0.29) is 22.3 Å². The molecule has 9 nitrogen and oxygen atoms in total. The van der Waals surface area contributed by atoms with Crippen LogP contribution >= 0.6 is 11.7 Å². The lowest BCUT2D eigenvalue weighted by atomic mass is 9.97. The summed E-state index contributed by atoms with van der Waals surface area (Å²) in [6.07, 6.45) is 2.11. The highest BCUT2D eigenvalue weighted by Gasteiger charge is 2.42. The summed E-state index contributed by atoms with van der Waals surface area (Å²) in [5.74, 6) is -1.75. The van der Waals surface area contributed by atoms with Gasteiger partial charge in [-0.2, -0.15) is 8.75 Å². The van der Waals surface area contributed by atoms with Gasteiger partial charge in [0, 0.05) is 11.6 Å². The number of nitro benzene ring substituents is 1. The maximum atomic E-state index is 12.4. The Bertz CT molecular complexity index is 812. The van der Waals surface area contributed by atoms with Gasteiger partial charge in [-0.05, 0) is 18.9 Å². The number of carbonyl (C=O) groups excluding carboxylic acids is 1. The van der Waals surface area contributed by atoms with Gasteiger partial charge in [-0.1, -0.05) is 12.8 Å². The second-order valence-corrected chi connectivity index (χ2v) is 5.96. The maximum absolute atomic E-state index is 12.4. The highest BCUT2D eigenvalue weighted by atomic mass is 32.1. The third-order valence-corrected chi connectivity index (χ3v) is 4.56. The molecule has 0 spiro atoms. The van der Waals surface area contributed by atoms with Gasteiger partial charge in [-0.25, -0.2) is 4.79 Å². The molecule has 0 saturated heterocycles. The summed E-state index contributed by atoms with van der Waals surface area (Å²) in [4.78, 5) is 34.4. The van der Waals surface area contributed by atoms with Gasteiger partial charge >= 0.3 is 5.97 Å². The number of fused-ring (bicyclic) bond motifs is 1. The number of amides is 1. The first-order valence-electron chi connectivity index (χ1n) is 6.89. The Morgan fingerprint density at radius 1 is 1.30 bits per heavy atom. The number of nitrogens with one attached hydrogen (secondary N) is 1. The number of carboxylic acid groups (broad SMARTS) is 1. The van der Waals surface area contributed by atoms with E-state index < -0.39 is 22.3 Å². The van der Waals surface area contributed by atoms with Crippen molar-refractivity contribution in [2.75, 3.05) is 0 Å². The molecule has 0 unspecified atom stereocenters. The van der Waals surface area contributed by atoms with E-state index in [0.29, 0.717) is 25.7 Å². The number of carboxylic acids is 1. The van der Waals surface area contributed by atoms with E-state index in [1.165, 1.54) is 6.07 Å². The smallest absolute Gasteiger partial charge is 0.329 e. The summed E-state index contributed by atoms with van der Waals surface area (Å²) in [6.45, 7) is 0. The van der Waals surface area contributed by atoms with Gasteiger partial charge in [0.2, 0.25) is 0 Å². The molecule has 1 aromatic heterocycles. The zero-order valence-corrected chi connectivity index (χ0v) is 12.6. The number of benzene rings is 1. The molecular weight excluding hydrogens is 324 g/mol. The molecule has 1 aromatic carbocycles. The van der Waals surface area contributed by atoms with E-state index in [1.807, 2.05) is 0 Å². The highest BCUT2D eigenvalue weighted by molar-refractivity contribution is 7.00. The Balaban J connectivity index is 1.98. The number of rotatable bonds is 4. The molecule has 0 atom stereocenters. The Morgan fingerprint density at radius 2 is 2.00 bits per heavy atom. The van der Waals surface area contributed by atoms with E-state index >= 15 is 0 Å². The van der Waals surface area contributed by atoms with Crippen molar-refractivity contribution >= 4 is 40.3 Å². The molecule has 0 bridgehead atoms. The van der Waals surface area contributed by atoms with Gasteiger partial charge in [-0.15, -0.1) is 0 Å². The summed E-state index contributed by atoms with van der Waals surface area (Å²) in [5, 5.41) is 23.0. The van der Waals surface area contributed by atoms with E-state index in [2.05, 4.69) is 14.1 Å². The third-order valence-electron chi connectivity index (χ3n) is 4.02. The zero-order valence-electron chi connectivity index (χ0n) is 11.8. The van der Waals surface area contributed by atoms with Crippen molar-refractivity contribution in [3.8, 4) is 0 Å². The molecule has 0 aliphatic heterocycles. The number of aromatic nitrogens is 2. The van der Waals surface area contributed by atoms with Crippen molar-refractivity contribution in [2.45, 2.75) is 31.2 Å². The van der Waals surface area contributed by atoms with Crippen molar-refractivity contribution < 1.29 is 19.6 Å². The van der Waals surface area contributed by atoms with Gasteiger partial charge in [0.15, 0.2) is 5.52 Å². The van der Waals surface area contributed by atoms with Crippen molar-refractivity contribution in [1.29, 1.82) is 0 Å². The van der Waals surface area contributed by atoms with Crippen LogP contribution in [0.5, 0.6) is 0 Å². The molecule has 1 aliphatic rings. The van der Waals surface area contributed by atoms with Gasteiger partial charge in [0.1, 0.15) is 11.1 Å². The van der Waals surface area contributed by atoms with Crippen LogP contribution in [0.15, 0.2) is 12.1 Å². The molecule has 1 amide bonds. The maximum Gasteiger partial charge on any atom is 0.329 e. The zero-order chi connectivity index (χ0) is 16.6. The van der Waals surface area contributed by atoms with Crippen LogP contribution in [-0.2, 0) is 4.79 Å². The van der Waals surface area contributed by atoms with E-state index in [1.54, 1.807) is 0 Å². The summed E-state index contributed by atoms with van der Waals surface area (Å²) >= 11 is 0.812. The fourth-order valence-corrected chi connectivity index (χ4v) is 3.34. The normalized spacial score (nSPS) is 16.3. The minimum absolute atomic E-state index is 0.00410. The quantitative estimate of drug-likeness (QED) is 0.641. The summed E-state index contributed by atoms with van der Waals surface area (Å²) in [6, 6.07) is 2.48. The van der Waals surface area contributed by atoms with Crippen LogP contribution < -0.4 is 5.32 Å². The Morgan fingerprint density at radius 3 is 2.61 bits per heavy atom. The second kappa shape index (κ2) is 5.54. The predicted octanol–water partition coefficient (Wildman–Crippen LogP) is 1.73. The summed E-state index contributed by atoms with van der Waals surface area (Å²) < 4.78 is 7.77. The number of hydrogen-bond donors (Lipinski definition) is 2. The number of nitrogens with zero attached hydrogens (tertiary/aromatic N) is 3. The predicted molar refractivity (Wildman–Crippen MR) is 80.4 cm³/mol. The first-order chi connectivity index (χ1) is 10.9. The standard InChI is InChI=1S/C13H12N4O5S/c18-11(14-13(12(19)20)3-1-2-4-13)7-5-8-10(16-23-15-8)9(6-7)17(21)22/h5-6H,1-4H2,(H,14,18)(H,19,20). The molecule has 10 heteroatoms. The van der Waals surface area contributed by atoms with Crippen molar-refractivity contribution in [3.63, 3.8) is 0 Å². The molecule has 120 valence electrons. The van der Waals surface area contributed by atoms with Crippen LogP contribution in [0.4, 0.5) is 5.69 Å². The Labute approximate surface area is 133 Å². The van der Waals surface area contributed by atoms with Crippen LogP contribution in [0.25, 0.3) is 11.0 Å². The lowest BCUT2D eigenvalue weighted by molar-refractivity contribution is -0.383. The van der Waals surface area contributed by atoms with Gasteiger partial charge in [0.25, 0.3) is 11.6 Å². The second-order valence-electron chi connectivity index (χ2n) is 5.43. The number of carbonyl (C=O) groups is 2. The third kappa shape index (κ3) is 2.61. The van der Waals surface area contributed by atoms with Crippen molar-refractivity contribution in [1.82, 2.24) is 14.1 Å². The van der Waals surface area contributed by atoms with E-state index in [9.17, 15) is 24.8 Å². The molecule has 2 aromatic rings. The number of aliphatic carboxylic acids is 1. The molecule has 1 aliphatic carbocycles. The fourth-order valence-electron chi connectivity index (χ4n) is 2.80. The lowest BCUT2D eigenvalue weighted by Gasteiger charge is -2.25. The van der Waals surface area contributed by atoms with Crippen LogP contribution in [0.1, 0.15) is 36.0 Å². The largest absolute Gasteiger partial charge is 0.480 e. The Kier molecular flexibility index (Phi) is 3.68. The lowest BCUT2D eigenvalue weighted by Crippen LogP contribution is -2.52. The molecule has 2 N–H and O–H groups in total. The number of non-ortho nitro benzene ring substituents is 1. The van der Waals surface area contributed by atoms with Gasteiger partial charge in [-0.3, -0.25) is 14.9 Å². The number of hydrogen-bond acceptors (Lipinski definition) is 7. The number of nitro groups is 1. The summed E-state index contributed by atoms with van der Waals surface area (Å²) in [7, 11) is 0. The molecule has 0 radical (unpaired) electrons. The first-order valence-corrected chi connectivity index (χ1v) is 7.63. The fraction of sp³-hybridized carbons (Fsp3) is 0.385. The molecule has 3 rings (SSSR count). The van der Waals surface area contributed by atoms with Crippen LogP contribution in [-0.4, -0.2) is 36.2 Å². The molecule has 1 fully saturated rings. The molecule has 23 heavy (non-hydrogen) atoms. The minimum atomic E-state index is -1.30. The average molecular weight is 336 g/mol. The molecular formula is C13H12N4O5S. The highest BCUT2D eigenvalue weighted by Crippen LogP contribution is 2.31. The molecule has 1 saturated carbocycles. The van der Waals surface area contributed by atoms with E-state index in [4.69, 9.17) is 0 Å². The average Bonchev–Trinajstić information content (AvgIpc) is 3.14. The van der Waals surface area contributed by atoms with Gasteiger partial charge < -0.3 is 10.4 Å². The van der Waals surface area contributed by atoms with Crippen molar-refractivity contribution in [2.24, 2.45) is 0 Å². The van der Waals surface area contributed by atoms with E-state index in [0.717, 1.165) is 17.8 Å².